The molecule has 0 bridgehead atoms. The van der Waals surface area contributed by atoms with Gasteiger partial charge in [0.05, 0.1) is 5.75 Å². The van der Waals surface area contributed by atoms with E-state index in [1.54, 1.807) is 24.3 Å². The molecule has 23 heavy (non-hydrogen) atoms. The van der Waals surface area contributed by atoms with E-state index in [-0.39, 0.29) is 11.2 Å². The Morgan fingerprint density at radius 3 is 2.52 bits per heavy atom. The summed E-state index contributed by atoms with van der Waals surface area (Å²) in [6, 6.07) is 7.15. The lowest BCUT2D eigenvalue weighted by atomic mass is 9.92. The smallest absolute Gasteiger partial charge is 0.191 e. The molecule has 2 aromatic rings. The molecule has 0 radical (unpaired) electrons. The van der Waals surface area contributed by atoms with Gasteiger partial charge in [-0.1, -0.05) is 44.1 Å². The first kappa shape index (κ1) is 17.8. The van der Waals surface area contributed by atoms with Crippen molar-refractivity contribution in [3.8, 4) is 5.75 Å². The number of hydrogen-bond donors (Lipinski definition) is 0. The number of benzene rings is 1. The van der Waals surface area contributed by atoms with Crippen molar-refractivity contribution in [2.45, 2.75) is 32.5 Å². The largest absolute Gasteiger partial charge is 0.486 e. The highest BCUT2D eigenvalue weighted by molar-refractivity contribution is 7.99. The summed E-state index contributed by atoms with van der Waals surface area (Å²) in [5.41, 5.74) is -0.341. The summed E-state index contributed by atoms with van der Waals surface area (Å²) < 4.78 is 7.51. The van der Waals surface area contributed by atoms with Crippen molar-refractivity contribution >= 4 is 29.1 Å². The Bertz CT molecular complexity index is 678. The fourth-order valence-corrected chi connectivity index (χ4v) is 2.84. The highest BCUT2D eigenvalue weighted by atomic mass is 35.5. The van der Waals surface area contributed by atoms with Gasteiger partial charge in [-0.15, -0.1) is 10.2 Å². The van der Waals surface area contributed by atoms with E-state index in [9.17, 15) is 4.79 Å². The third-order valence-electron chi connectivity index (χ3n) is 3.28. The van der Waals surface area contributed by atoms with Gasteiger partial charge in [-0.3, -0.25) is 4.79 Å². The highest BCUT2D eigenvalue weighted by Gasteiger charge is 2.22. The summed E-state index contributed by atoms with van der Waals surface area (Å²) >= 11 is 7.23. The van der Waals surface area contributed by atoms with Crippen molar-refractivity contribution in [1.29, 1.82) is 0 Å². The van der Waals surface area contributed by atoms with Crippen LogP contribution in [-0.4, -0.2) is 26.3 Å². The quantitative estimate of drug-likeness (QED) is 0.740. The third-order valence-corrected chi connectivity index (χ3v) is 4.55. The van der Waals surface area contributed by atoms with Crippen LogP contribution in [0.3, 0.4) is 0 Å². The Labute approximate surface area is 145 Å². The number of ether oxygens (including phenoxy) is 1. The summed E-state index contributed by atoms with van der Waals surface area (Å²) in [5.74, 6) is 1.98. The molecular weight excluding hydrogens is 334 g/mol. The molecule has 1 heterocycles. The Balaban J connectivity index is 1.94. The maximum atomic E-state index is 12.0. The number of halogens is 1. The van der Waals surface area contributed by atoms with E-state index in [1.165, 1.54) is 11.8 Å². The topological polar surface area (TPSA) is 57.0 Å². The summed E-state index contributed by atoms with van der Waals surface area (Å²) in [6.45, 7) is 6.05. The minimum atomic E-state index is -0.341. The lowest BCUT2D eigenvalue weighted by molar-refractivity contribution is -0.123. The van der Waals surface area contributed by atoms with Crippen LogP contribution in [-0.2, 0) is 18.4 Å². The van der Waals surface area contributed by atoms with E-state index in [2.05, 4.69) is 10.2 Å². The number of rotatable bonds is 6. The van der Waals surface area contributed by atoms with E-state index < -0.39 is 0 Å². The summed E-state index contributed by atoms with van der Waals surface area (Å²) in [4.78, 5) is 12.0. The fraction of sp³-hybridized carbons (Fsp3) is 0.438. The molecule has 0 unspecified atom stereocenters. The number of aromatic nitrogens is 3. The van der Waals surface area contributed by atoms with Crippen molar-refractivity contribution in [2.75, 3.05) is 5.75 Å². The zero-order chi connectivity index (χ0) is 17.0. The van der Waals surface area contributed by atoms with Gasteiger partial charge in [0, 0.05) is 17.5 Å². The SMILES string of the molecule is Cn1c(COc2ccc(Cl)cc2)nnc1SCC(=O)C(C)(C)C. The Hall–Kier alpha value is -1.53. The van der Waals surface area contributed by atoms with Crippen LogP contribution in [0.2, 0.25) is 5.02 Å². The van der Waals surface area contributed by atoms with Crippen molar-refractivity contribution < 1.29 is 9.53 Å². The Morgan fingerprint density at radius 1 is 1.26 bits per heavy atom. The molecule has 5 nitrogen and oxygen atoms in total. The number of thioether (sulfide) groups is 1. The first-order chi connectivity index (χ1) is 10.8. The number of Topliss-reactive ketones (excluding diaryl/α,β-unsaturated/α-hetero) is 1. The Morgan fingerprint density at radius 2 is 1.91 bits per heavy atom. The van der Waals surface area contributed by atoms with Gasteiger partial charge in [0.2, 0.25) is 0 Å². The van der Waals surface area contributed by atoms with Crippen LogP contribution in [0, 0.1) is 5.41 Å². The summed E-state index contributed by atoms with van der Waals surface area (Å²) in [5, 5.41) is 9.61. The molecule has 0 aliphatic carbocycles. The molecular formula is C16H20ClN3O2S. The second kappa shape index (κ2) is 7.36. The van der Waals surface area contributed by atoms with Crippen LogP contribution in [0.5, 0.6) is 5.75 Å². The molecule has 0 aliphatic heterocycles. The van der Waals surface area contributed by atoms with E-state index >= 15 is 0 Å². The number of ketones is 1. The van der Waals surface area contributed by atoms with E-state index in [1.807, 2.05) is 32.4 Å². The van der Waals surface area contributed by atoms with Gasteiger partial charge in [0.15, 0.2) is 11.0 Å². The molecule has 0 amide bonds. The van der Waals surface area contributed by atoms with Crippen molar-refractivity contribution in [3.05, 3.63) is 35.1 Å². The lowest BCUT2D eigenvalue weighted by Gasteiger charge is -2.15. The maximum Gasteiger partial charge on any atom is 0.191 e. The van der Waals surface area contributed by atoms with Gasteiger partial charge >= 0.3 is 0 Å². The Kier molecular flexibility index (Phi) is 5.70. The molecule has 0 saturated heterocycles. The van der Waals surface area contributed by atoms with Gasteiger partial charge in [0.1, 0.15) is 18.1 Å². The van der Waals surface area contributed by atoms with Gasteiger partial charge in [0.25, 0.3) is 0 Å². The molecule has 0 atom stereocenters. The molecule has 1 aromatic carbocycles. The van der Waals surface area contributed by atoms with Crippen molar-refractivity contribution in [2.24, 2.45) is 12.5 Å². The molecule has 2 rings (SSSR count). The number of carbonyl (C=O) groups excluding carboxylic acids is 1. The predicted molar refractivity (Wildman–Crippen MR) is 92.0 cm³/mol. The van der Waals surface area contributed by atoms with Crippen LogP contribution < -0.4 is 4.74 Å². The zero-order valence-corrected chi connectivity index (χ0v) is 15.2. The monoisotopic (exact) mass is 353 g/mol. The van der Waals surface area contributed by atoms with Gasteiger partial charge in [-0.05, 0) is 24.3 Å². The predicted octanol–water partition coefficient (Wildman–Crippen LogP) is 3.75. The lowest BCUT2D eigenvalue weighted by Crippen LogP contribution is -2.22. The highest BCUT2D eigenvalue weighted by Crippen LogP contribution is 2.23. The van der Waals surface area contributed by atoms with Crippen LogP contribution in [0.4, 0.5) is 0 Å². The number of hydrogen-bond acceptors (Lipinski definition) is 5. The maximum absolute atomic E-state index is 12.0. The van der Waals surface area contributed by atoms with Gasteiger partial charge in [-0.25, -0.2) is 0 Å². The minimum Gasteiger partial charge on any atom is -0.486 e. The standard InChI is InChI=1S/C16H20ClN3O2S/c1-16(2,3)13(21)10-23-15-19-18-14(20(15)4)9-22-12-7-5-11(17)6-8-12/h5-8H,9-10H2,1-4H3. The molecule has 0 spiro atoms. The first-order valence-corrected chi connectivity index (χ1v) is 8.56. The number of nitrogens with zero attached hydrogens (tertiary/aromatic N) is 3. The third kappa shape index (κ3) is 4.97. The van der Waals surface area contributed by atoms with Gasteiger partial charge < -0.3 is 9.30 Å². The van der Waals surface area contributed by atoms with Crippen molar-refractivity contribution in [3.63, 3.8) is 0 Å². The molecule has 7 heteroatoms. The second-order valence-corrected chi connectivity index (χ2v) is 7.54. The first-order valence-electron chi connectivity index (χ1n) is 7.20. The van der Waals surface area contributed by atoms with Crippen LogP contribution in [0.15, 0.2) is 29.4 Å². The number of carbonyl (C=O) groups is 1. The van der Waals surface area contributed by atoms with E-state index in [0.717, 1.165) is 5.75 Å². The van der Waals surface area contributed by atoms with Crippen LogP contribution in [0.25, 0.3) is 0 Å². The summed E-state index contributed by atoms with van der Waals surface area (Å²) in [7, 11) is 1.87. The van der Waals surface area contributed by atoms with Crippen LogP contribution in [0.1, 0.15) is 26.6 Å². The molecule has 0 aliphatic rings. The van der Waals surface area contributed by atoms with Crippen LogP contribution >= 0.6 is 23.4 Å². The van der Waals surface area contributed by atoms with E-state index in [4.69, 9.17) is 16.3 Å². The van der Waals surface area contributed by atoms with Gasteiger partial charge in [-0.2, -0.15) is 0 Å². The average Bonchev–Trinajstić information content (AvgIpc) is 2.84. The molecule has 0 N–H and O–H groups in total. The fourth-order valence-electron chi connectivity index (χ4n) is 1.62. The second-order valence-electron chi connectivity index (χ2n) is 6.16. The average molecular weight is 354 g/mol. The van der Waals surface area contributed by atoms with Crippen molar-refractivity contribution in [1.82, 2.24) is 14.8 Å². The molecule has 124 valence electrons. The molecule has 0 fully saturated rings. The zero-order valence-electron chi connectivity index (χ0n) is 13.7. The summed E-state index contributed by atoms with van der Waals surface area (Å²) in [6.07, 6.45) is 0. The molecule has 1 aromatic heterocycles. The molecule has 0 saturated carbocycles. The minimum absolute atomic E-state index is 0.185. The van der Waals surface area contributed by atoms with E-state index in [0.29, 0.717) is 28.4 Å². The normalized spacial score (nSPS) is 11.5.